The van der Waals surface area contributed by atoms with Crippen LogP contribution in [0.25, 0.3) is 0 Å². The van der Waals surface area contributed by atoms with Gasteiger partial charge in [0.1, 0.15) is 5.75 Å². The minimum absolute atomic E-state index is 0.143. The van der Waals surface area contributed by atoms with Crippen molar-refractivity contribution in [2.45, 2.75) is 31.6 Å². The van der Waals surface area contributed by atoms with E-state index in [0.717, 1.165) is 23.3 Å². The summed E-state index contributed by atoms with van der Waals surface area (Å²) in [6.45, 7) is 3.71. The van der Waals surface area contributed by atoms with Gasteiger partial charge in [0.2, 0.25) is 5.91 Å². The Bertz CT molecular complexity index is 715. The van der Waals surface area contributed by atoms with Crippen LogP contribution in [0.2, 0.25) is 0 Å². The smallest absolute Gasteiger partial charge is 0.276 e. The van der Waals surface area contributed by atoms with Crippen LogP contribution < -0.4 is 15.6 Å². The molecule has 0 fully saturated rings. The van der Waals surface area contributed by atoms with Crippen molar-refractivity contribution in [1.29, 1.82) is 0 Å². The Morgan fingerprint density at radius 1 is 0.923 bits per heavy atom. The number of hydrogen-bond acceptors (Lipinski definition) is 4. The maximum Gasteiger partial charge on any atom is 0.276 e. The molecule has 0 bridgehead atoms. The van der Waals surface area contributed by atoms with Crippen molar-refractivity contribution in [3.8, 4) is 5.75 Å². The van der Waals surface area contributed by atoms with Crippen LogP contribution in [-0.2, 0) is 9.59 Å². The van der Waals surface area contributed by atoms with E-state index in [1.165, 1.54) is 4.90 Å². The molecule has 2 amide bonds. The molecule has 2 aromatic carbocycles. The topological polar surface area (TPSA) is 67.4 Å². The van der Waals surface area contributed by atoms with Crippen LogP contribution in [-0.4, -0.2) is 24.2 Å². The average Bonchev–Trinajstić information content (AvgIpc) is 2.64. The predicted molar refractivity (Wildman–Crippen MR) is 104 cm³/mol. The molecule has 2 aromatic rings. The van der Waals surface area contributed by atoms with Crippen molar-refractivity contribution < 1.29 is 14.3 Å². The Morgan fingerprint density at radius 3 is 2.27 bits per heavy atom. The average molecular weight is 372 g/mol. The van der Waals surface area contributed by atoms with Crippen LogP contribution in [0.4, 0.5) is 0 Å². The van der Waals surface area contributed by atoms with Gasteiger partial charge in [0.05, 0.1) is 0 Å². The summed E-state index contributed by atoms with van der Waals surface area (Å²) in [5.74, 6) is 0.951. The largest absolute Gasteiger partial charge is 0.483 e. The normalized spacial score (nSPS) is 10.2. The predicted octanol–water partition coefficient (Wildman–Crippen LogP) is 3.40. The lowest BCUT2D eigenvalue weighted by atomic mass is 10.1. The molecule has 0 atom stereocenters. The van der Waals surface area contributed by atoms with E-state index in [9.17, 15) is 9.59 Å². The number of amides is 2. The molecule has 0 radical (unpaired) electrons. The lowest BCUT2D eigenvalue weighted by Gasteiger charge is -2.12. The zero-order chi connectivity index (χ0) is 18.8. The molecule has 0 heterocycles. The van der Waals surface area contributed by atoms with Gasteiger partial charge >= 0.3 is 0 Å². The van der Waals surface area contributed by atoms with E-state index in [1.54, 1.807) is 11.8 Å². The highest BCUT2D eigenvalue weighted by Gasteiger charge is 2.08. The molecular weight excluding hydrogens is 348 g/mol. The first-order valence-electron chi connectivity index (χ1n) is 8.51. The summed E-state index contributed by atoms with van der Waals surface area (Å²) in [5.41, 5.74) is 6.74. The van der Waals surface area contributed by atoms with Gasteiger partial charge in [-0.15, -0.1) is 11.8 Å². The zero-order valence-corrected chi connectivity index (χ0v) is 15.9. The molecular formula is C20H24N2O3S. The van der Waals surface area contributed by atoms with Crippen LogP contribution in [0, 0.1) is 13.8 Å². The number of thioether (sulfide) groups is 1. The molecule has 0 aliphatic heterocycles. The standard InChI is InChI=1S/C20H24N2O3S/c1-15-8-6-9-16(2)20(15)25-14-19(24)22-21-18(23)12-7-13-26-17-10-4-3-5-11-17/h3-6,8-11H,7,12-14H2,1-2H3,(H,21,23)(H,22,24). The first-order valence-corrected chi connectivity index (χ1v) is 9.49. The van der Waals surface area contributed by atoms with Crippen molar-refractivity contribution in [3.05, 3.63) is 59.7 Å². The quantitative estimate of drug-likeness (QED) is 0.423. The number of ether oxygens (including phenoxy) is 1. The second kappa shape index (κ2) is 10.5. The van der Waals surface area contributed by atoms with Crippen LogP contribution in [0.3, 0.4) is 0 Å². The van der Waals surface area contributed by atoms with Gasteiger partial charge in [-0.3, -0.25) is 20.4 Å². The molecule has 0 aromatic heterocycles. The molecule has 0 aliphatic rings. The Kier molecular flexibility index (Phi) is 8.02. The van der Waals surface area contributed by atoms with Crippen molar-refractivity contribution in [2.75, 3.05) is 12.4 Å². The van der Waals surface area contributed by atoms with Crippen LogP contribution in [0.15, 0.2) is 53.4 Å². The van der Waals surface area contributed by atoms with Crippen LogP contribution in [0.5, 0.6) is 5.75 Å². The molecule has 26 heavy (non-hydrogen) atoms. The Balaban J connectivity index is 1.60. The van der Waals surface area contributed by atoms with Gasteiger partial charge < -0.3 is 4.74 Å². The van der Waals surface area contributed by atoms with E-state index < -0.39 is 0 Å². The highest BCUT2D eigenvalue weighted by Crippen LogP contribution is 2.22. The van der Waals surface area contributed by atoms with Gasteiger partial charge in [0.25, 0.3) is 5.91 Å². The molecule has 138 valence electrons. The third kappa shape index (κ3) is 6.80. The van der Waals surface area contributed by atoms with Gasteiger partial charge in [-0.25, -0.2) is 0 Å². The number of carbonyl (C=O) groups is 2. The van der Waals surface area contributed by atoms with Crippen molar-refractivity contribution in [2.24, 2.45) is 0 Å². The molecule has 0 saturated heterocycles. The number of rotatable bonds is 8. The molecule has 0 saturated carbocycles. The van der Waals surface area contributed by atoms with E-state index in [-0.39, 0.29) is 18.4 Å². The van der Waals surface area contributed by atoms with E-state index in [1.807, 2.05) is 62.4 Å². The van der Waals surface area contributed by atoms with Gasteiger partial charge in [0.15, 0.2) is 6.61 Å². The van der Waals surface area contributed by atoms with E-state index in [0.29, 0.717) is 12.2 Å². The maximum absolute atomic E-state index is 11.8. The van der Waals surface area contributed by atoms with Crippen molar-refractivity contribution in [3.63, 3.8) is 0 Å². The summed E-state index contributed by atoms with van der Waals surface area (Å²) < 4.78 is 5.54. The number of carbonyl (C=O) groups excluding carboxylic acids is 2. The highest BCUT2D eigenvalue weighted by molar-refractivity contribution is 7.99. The summed E-state index contributed by atoms with van der Waals surface area (Å²) in [5, 5.41) is 0. The van der Waals surface area contributed by atoms with Crippen LogP contribution >= 0.6 is 11.8 Å². The summed E-state index contributed by atoms with van der Waals surface area (Å²) in [4.78, 5) is 24.8. The van der Waals surface area contributed by atoms with Gasteiger partial charge in [-0.1, -0.05) is 36.4 Å². The highest BCUT2D eigenvalue weighted by atomic mass is 32.2. The van der Waals surface area contributed by atoms with Crippen LogP contribution in [0.1, 0.15) is 24.0 Å². The fourth-order valence-corrected chi connectivity index (χ4v) is 3.22. The minimum Gasteiger partial charge on any atom is -0.483 e. The number of aryl methyl sites for hydroxylation is 2. The Labute approximate surface area is 158 Å². The molecule has 0 unspecified atom stereocenters. The second-order valence-corrected chi connectivity index (χ2v) is 7.04. The summed E-state index contributed by atoms with van der Waals surface area (Å²) in [7, 11) is 0. The van der Waals surface area contributed by atoms with E-state index in [2.05, 4.69) is 10.9 Å². The summed E-state index contributed by atoms with van der Waals surface area (Å²) in [6, 6.07) is 15.8. The second-order valence-electron chi connectivity index (χ2n) is 5.87. The lowest BCUT2D eigenvalue weighted by molar-refractivity contribution is -0.130. The SMILES string of the molecule is Cc1cccc(C)c1OCC(=O)NNC(=O)CCCSc1ccccc1. The van der Waals surface area contributed by atoms with Crippen molar-refractivity contribution in [1.82, 2.24) is 10.9 Å². The molecule has 0 spiro atoms. The van der Waals surface area contributed by atoms with Crippen molar-refractivity contribution >= 4 is 23.6 Å². The zero-order valence-electron chi connectivity index (χ0n) is 15.1. The Morgan fingerprint density at radius 2 is 1.58 bits per heavy atom. The molecule has 6 heteroatoms. The lowest BCUT2D eigenvalue weighted by Crippen LogP contribution is -2.43. The maximum atomic E-state index is 11.8. The third-order valence-electron chi connectivity index (χ3n) is 3.66. The minimum atomic E-state index is -0.389. The fraction of sp³-hybridized carbons (Fsp3) is 0.300. The summed E-state index contributed by atoms with van der Waals surface area (Å²) >= 11 is 1.71. The fourth-order valence-electron chi connectivity index (χ4n) is 2.34. The van der Waals surface area contributed by atoms with Gasteiger partial charge in [0, 0.05) is 11.3 Å². The third-order valence-corrected chi connectivity index (χ3v) is 4.76. The van der Waals surface area contributed by atoms with Gasteiger partial charge in [-0.2, -0.15) is 0 Å². The molecule has 5 nitrogen and oxygen atoms in total. The first kappa shape index (κ1) is 19.8. The molecule has 2 rings (SSSR count). The number of hydrazine groups is 1. The first-order chi connectivity index (χ1) is 12.6. The Hall–Kier alpha value is -2.47. The number of benzene rings is 2. The number of nitrogens with one attached hydrogen (secondary N) is 2. The summed E-state index contributed by atoms with van der Waals surface area (Å²) in [6.07, 6.45) is 1.10. The van der Waals surface area contributed by atoms with E-state index >= 15 is 0 Å². The van der Waals surface area contributed by atoms with E-state index in [4.69, 9.17) is 4.74 Å². The number of hydrogen-bond donors (Lipinski definition) is 2. The molecule has 2 N–H and O–H groups in total. The number of para-hydroxylation sites is 1. The molecule has 0 aliphatic carbocycles. The van der Waals surface area contributed by atoms with Gasteiger partial charge in [-0.05, 0) is 49.3 Å². The monoisotopic (exact) mass is 372 g/mol.